The van der Waals surface area contributed by atoms with Crippen molar-refractivity contribution < 1.29 is 4.39 Å². The fourth-order valence-electron chi connectivity index (χ4n) is 2.42. The molecule has 0 atom stereocenters. The summed E-state index contributed by atoms with van der Waals surface area (Å²) < 4.78 is 13.5. The number of anilines is 1. The summed E-state index contributed by atoms with van der Waals surface area (Å²) in [5.74, 6) is -0.150. The van der Waals surface area contributed by atoms with Crippen LogP contribution in [0.15, 0.2) is 24.3 Å². The molecule has 1 fully saturated rings. The molecule has 1 N–H and O–H groups in total. The Morgan fingerprint density at radius 2 is 2.00 bits per heavy atom. The number of halogens is 1. The molecule has 1 saturated heterocycles. The van der Waals surface area contributed by atoms with Gasteiger partial charge in [0, 0.05) is 19.1 Å². The Morgan fingerprint density at radius 1 is 1.29 bits per heavy atom. The number of nitrogens with zero attached hydrogens (tertiary/aromatic N) is 1. The zero-order valence-corrected chi connectivity index (χ0v) is 10.5. The van der Waals surface area contributed by atoms with Crippen LogP contribution < -0.4 is 5.32 Å². The lowest BCUT2D eigenvalue weighted by atomic mass is 10.0. The molecule has 0 saturated carbocycles. The van der Waals surface area contributed by atoms with Gasteiger partial charge in [-0.3, -0.25) is 0 Å². The Balaban J connectivity index is 1.84. The van der Waals surface area contributed by atoms with Crippen LogP contribution in [0, 0.1) is 5.82 Å². The molecule has 2 nitrogen and oxygen atoms in total. The fourth-order valence-corrected chi connectivity index (χ4v) is 2.42. The van der Waals surface area contributed by atoms with Gasteiger partial charge in [-0.2, -0.15) is 0 Å². The van der Waals surface area contributed by atoms with Crippen molar-refractivity contribution in [1.29, 1.82) is 0 Å². The number of piperidine rings is 1. The summed E-state index contributed by atoms with van der Waals surface area (Å²) in [5.41, 5.74) is 0.640. The van der Waals surface area contributed by atoms with Crippen molar-refractivity contribution in [1.82, 2.24) is 4.90 Å². The van der Waals surface area contributed by atoms with Gasteiger partial charge in [-0.15, -0.1) is 0 Å². The highest BCUT2D eigenvalue weighted by molar-refractivity contribution is 5.45. The molecular weight excluding hydrogens is 215 g/mol. The van der Waals surface area contributed by atoms with Gasteiger partial charge in [0.1, 0.15) is 5.82 Å². The predicted molar refractivity (Wildman–Crippen MR) is 69.8 cm³/mol. The summed E-state index contributed by atoms with van der Waals surface area (Å²) in [4.78, 5) is 2.49. The zero-order valence-electron chi connectivity index (χ0n) is 10.5. The zero-order chi connectivity index (χ0) is 12.1. The van der Waals surface area contributed by atoms with Gasteiger partial charge < -0.3 is 10.2 Å². The van der Waals surface area contributed by atoms with Gasteiger partial charge in [0.05, 0.1) is 5.69 Å². The molecule has 0 amide bonds. The van der Waals surface area contributed by atoms with E-state index in [0.29, 0.717) is 11.7 Å². The maximum absolute atomic E-state index is 13.5. The predicted octanol–water partition coefficient (Wildman–Crippen LogP) is 3.11. The van der Waals surface area contributed by atoms with Crippen LogP contribution in [0.3, 0.4) is 0 Å². The molecule has 0 radical (unpaired) electrons. The summed E-state index contributed by atoms with van der Waals surface area (Å²) in [6.07, 6.45) is 3.42. The van der Waals surface area contributed by atoms with Crippen LogP contribution in [-0.4, -0.2) is 30.6 Å². The van der Waals surface area contributed by atoms with E-state index in [9.17, 15) is 4.39 Å². The summed E-state index contributed by atoms with van der Waals surface area (Å²) in [6.45, 7) is 5.65. The first-order valence-corrected chi connectivity index (χ1v) is 6.53. The minimum absolute atomic E-state index is 0.150. The molecule has 1 heterocycles. The quantitative estimate of drug-likeness (QED) is 0.864. The lowest BCUT2D eigenvalue weighted by Gasteiger charge is -2.32. The summed E-state index contributed by atoms with van der Waals surface area (Å²) in [5, 5.41) is 3.31. The molecule has 0 aromatic heterocycles. The molecule has 0 spiro atoms. The molecule has 0 bridgehead atoms. The first-order valence-electron chi connectivity index (χ1n) is 6.53. The molecule has 1 aromatic carbocycles. The van der Waals surface area contributed by atoms with E-state index in [-0.39, 0.29) is 5.82 Å². The molecule has 1 aliphatic heterocycles. The van der Waals surface area contributed by atoms with Crippen molar-refractivity contribution in [2.75, 3.05) is 25.0 Å². The van der Waals surface area contributed by atoms with E-state index >= 15 is 0 Å². The molecular formula is C14H21FN2. The van der Waals surface area contributed by atoms with Gasteiger partial charge in [-0.1, -0.05) is 19.1 Å². The average molecular weight is 236 g/mol. The number of hydrogen-bond donors (Lipinski definition) is 1. The second-order valence-electron chi connectivity index (χ2n) is 4.74. The summed E-state index contributed by atoms with van der Waals surface area (Å²) in [7, 11) is 0. The molecule has 3 heteroatoms. The first kappa shape index (κ1) is 12.4. The Kier molecular flexibility index (Phi) is 4.37. The standard InChI is InChI=1S/C14H21FN2/c1-2-9-17-10-7-12(8-11-17)16-14-6-4-3-5-13(14)15/h3-6,12,16H,2,7-11H2,1H3. The van der Waals surface area contributed by atoms with E-state index in [1.54, 1.807) is 6.07 Å². The highest BCUT2D eigenvalue weighted by atomic mass is 19.1. The Bertz CT molecular complexity index is 346. The van der Waals surface area contributed by atoms with Crippen LogP contribution >= 0.6 is 0 Å². The van der Waals surface area contributed by atoms with Crippen molar-refractivity contribution in [3.63, 3.8) is 0 Å². The van der Waals surface area contributed by atoms with E-state index < -0.39 is 0 Å². The van der Waals surface area contributed by atoms with E-state index in [4.69, 9.17) is 0 Å². The minimum Gasteiger partial charge on any atom is -0.380 e. The van der Waals surface area contributed by atoms with Crippen LogP contribution in [0.25, 0.3) is 0 Å². The van der Waals surface area contributed by atoms with E-state index in [1.165, 1.54) is 19.0 Å². The minimum atomic E-state index is -0.150. The number of likely N-dealkylation sites (tertiary alicyclic amines) is 1. The number of rotatable bonds is 4. The SMILES string of the molecule is CCCN1CCC(Nc2ccccc2F)CC1. The normalized spacial score (nSPS) is 18.2. The molecule has 0 unspecified atom stereocenters. The lowest BCUT2D eigenvalue weighted by Crippen LogP contribution is -2.39. The van der Waals surface area contributed by atoms with Gasteiger partial charge >= 0.3 is 0 Å². The lowest BCUT2D eigenvalue weighted by molar-refractivity contribution is 0.219. The van der Waals surface area contributed by atoms with Gasteiger partial charge in [0.15, 0.2) is 0 Å². The largest absolute Gasteiger partial charge is 0.380 e. The first-order chi connectivity index (χ1) is 8.29. The van der Waals surface area contributed by atoms with E-state index in [1.807, 2.05) is 12.1 Å². The van der Waals surface area contributed by atoms with Crippen molar-refractivity contribution >= 4 is 5.69 Å². The van der Waals surface area contributed by atoms with Gasteiger partial charge in [-0.05, 0) is 37.9 Å². The Hall–Kier alpha value is -1.09. The van der Waals surface area contributed by atoms with Crippen LogP contribution in [0.5, 0.6) is 0 Å². The molecule has 94 valence electrons. The monoisotopic (exact) mass is 236 g/mol. The highest BCUT2D eigenvalue weighted by Gasteiger charge is 2.18. The van der Waals surface area contributed by atoms with E-state index in [0.717, 1.165) is 25.9 Å². The molecule has 17 heavy (non-hydrogen) atoms. The van der Waals surface area contributed by atoms with Crippen molar-refractivity contribution in [3.05, 3.63) is 30.1 Å². The number of benzene rings is 1. The third-order valence-corrected chi connectivity index (χ3v) is 3.36. The van der Waals surface area contributed by atoms with Crippen LogP contribution in [0.1, 0.15) is 26.2 Å². The number of hydrogen-bond acceptors (Lipinski definition) is 2. The third kappa shape index (κ3) is 3.43. The maximum Gasteiger partial charge on any atom is 0.146 e. The summed E-state index contributed by atoms with van der Waals surface area (Å²) in [6, 6.07) is 7.34. The maximum atomic E-state index is 13.5. The average Bonchev–Trinajstić information content (AvgIpc) is 2.35. The highest BCUT2D eigenvalue weighted by Crippen LogP contribution is 2.19. The van der Waals surface area contributed by atoms with Crippen LogP contribution in [0.2, 0.25) is 0 Å². The number of nitrogens with one attached hydrogen (secondary N) is 1. The second-order valence-corrected chi connectivity index (χ2v) is 4.74. The van der Waals surface area contributed by atoms with Crippen LogP contribution in [-0.2, 0) is 0 Å². The second kappa shape index (κ2) is 6.01. The van der Waals surface area contributed by atoms with Crippen molar-refractivity contribution in [3.8, 4) is 0 Å². The molecule has 0 aliphatic carbocycles. The van der Waals surface area contributed by atoms with Gasteiger partial charge in [0.2, 0.25) is 0 Å². The smallest absolute Gasteiger partial charge is 0.146 e. The third-order valence-electron chi connectivity index (χ3n) is 3.36. The van der Waals surface area contributed by atoms with Crippen LogP contribution in [0.4, 0.5) is 10.1 Å². The Morgan fingerprint density at radius 3 is 2.65 bits per heavy atom. The fraction of sp³-hybridized carbons (Fsp3) is 0.571. The topological polar surface area (TPSA) is 15.3 Å². The summed E-state index contributed by atoms with van der Waals surface area (Å²) >= 11 is 0. The molecule has 1 aromatic rings. The van der Waals surface area contributed by atoms with Crippen molar-refractivity contribution in [2.45, 2.75) is 32.2 Å². The van der Waals surface area contributed by atoms with Gasteiger partial charge in [0.25, 0.3) is 0 Å². The Labute approximate surface area is 103 Å². The molecule has 1 aliphatic rings. The van der Waals surface area contributed by atoms with Gasteiger partial charge in [-0.25, -0.2) is 4.39 Å². The van der Waals surface area contributed by atoms with Crippen molar-refractivity contribution in [2.24, 2.45) is 0 Å². The number of para-hydroxylation sites is 1. The molecule has 2 rings (SSSR count). The van der Waals surface area contributed by atoms with E-state index in [2.05, 4.69) is 17.1 Å².